The van der Waals surface area contributed by atoms with E-state index in [1.54, 1.807) is 45.0 Å². The number of hydrogen-bond donors (Lipinski definition) is 3. The lowest BCUT2D eigenvalue weighted by atomic mass is 10.00. The van der Waals surface area contributed by atoms with Crippen LogP contribution in [0.3, 0.4) is 0 Å². The summed E-state index contributed by atoms with van der Waals surface area (Å²) in [7, 11) is 0. The van der Waals surface area contributed by atoms with Crippen molar-refractivity contribution in [1.29, 1.82) is 0 Å². The molecule has 202 valence electrons. The molecule has 3 aromatic rings. The minimum Gasteiger partial charge on any atom is -0.508 e. The first-order valence-corrected chi connectivity index (χ1v) is 12.5. The third kappa shape index (κ3) is 7.86. The van der Waals surface area contributed by atoms with Crippen LogP contribution in [-0.4, -0.2) is 39.6 Å². The van der Waals surface area contributed by atoms with Crippen molar-refractivity contribution in [2.75, 3.05) is 5.32 Å². The van der Waals surface area contributed by atoms with Gasteiger partial charge in [0.15, 0.2) is 6.04 Å². The lowest BCUT2D eigenvalue weighted by Crippen LogP contribution is -2.51. The van der Waals surface area contributed by atoms with E-state index in [1.807, 2.05) is 49.4 Å². The van der Waals surface area contributed by atoms with Crippen LogP contribution in [0.25, 0.3) is 0 Å². The number of anilines is 1. The van der Waals surface area contributed by atoms with Crippen LogP contribution in [0.15, 0.2) is 78.9 Å². The summed E-state index contributed by atoms with van der Waals surface area (Å²) in [5.41, 5.74) is 1.41. The Balaban J connectivity index is 2.02. The first kappa shape index (κ1) is 28.8. The molecule has 8 nitrogen and oxygen atoms in total. The average Bonchev–Trinajstić information content (AvgIpc) is 2.88. The van der Waals surface area contributed by atoms with Crippen molar-refractivity contribution in [3.63, 3.8) is 0 Å². The monoisotopic (exact) mass is 527 g/mol. The van der Waals surface area contributed by atoms with Crippen molar-refractivity contribution in [2.24, 2.45) is 0 Å². The number of ether oxygens (including phenoxy) is 1. The molecular formula is C31H33N3O5. The predicted molar refractivity (Wildman–Crippen MR) is 150 cm³/mol. The molecule has 0 aromatic heterocycles. The zero-order chi connectivity index (χ0) is 28.6. The van der Waals surface area contributed by atoms with Crippen molar-refractivity contribution in [1.82, 2.24) is 10.2 Å². The summed E-state index contributed by atoms with van der Waals surface area (Å²) >= 11 is 0. The molecule has 0 spiro atoms. The van der Waals surface area contributed by atoms with E-state index >= 15 is 0 Å². The highest BCUT2D eigenvalue weighted by Crippen LogP contribution is 2.31. The van der Waals surface area contributed by atoms with Crippen molar-refractivity contribution in [2.45, 2.75) is 51.8 Å². The molecule has 0 aliphatic carbocycles. The van der Waals surface area contributed by atoms with Crippen molar-refractivity contribution in [3.05, 3.63) is 95.6 Å². The molecule has 0 fully saturated rings. The van der Waals surface area contributed by atoms with Gasteiger partial charge in [-0.05, 0) is 51.0 Å². The van der Waals surface area contributed by atoms with E-state index in [-0.39, 0.29) is 17.7 Å². The minimum atomic E-state index is -1.40. The molecule has 0 aliphatic heterocycles. The number of phenols is 1. The van der Waals surface area contributed by atoms with E-state index in [0.717, 1.165) is 16.0 Å². The number of para-hydroxylation sites is 2. The lowest BCUT2D eigenvalue weighted by molar-refractivity contribution is -0.136. The maximum atomic E-state index is 14.0. The molecule has 8 heteroatoms. The predicted octanol–water partition coefficient (Wildman–Crippen LogP) is 4.94. The third-order valence-electron chi connectivity index (χ3n) is 5.79. The van der Waals surface area contributed by atoms with Gasteiger partial charge in [-0.3, -0.25) is 14.5 Å². The molecular weight excluding hydrogens is 494 g/mol. The van der Waals surface area contributed by atoms with Gasteiger partial charge in [-0.1, -0.05) is 73.2 Å². The number of aromatic hydroxyl groups is 1. The minimum absolute atomic E-state index is 0.0873. The first-order chi connectivity index (χ1) is 18.5. The second kappa shape index (κ2) is 12.7. The number of carbonyl (C=O) groups is 3. The van der Waals surface area contributed by atoms with Crippen LogP contribution in [0.2, 0.25) is 0 Å². The fourth-order valence-corrected chi connectivity index (χ4v) is 3.96. The highest BCUT2D eigenvalue weighted by molar-refractivity contribution is 6.00. The van der Waals surface area contributed by atoms with Crippen molar-refractivity contribution >= 4 is 23.6 Å². The summed E-state index contributed by atoms with van der Waals surface area (Å²) < 4.78 is 5.38. The van der Waals surface area contributed by atoms with Gasteiger partial charge in [-0.2, -0.15) is 0 Å². The van der Waals surface area contributed by atoms with Gasteiger partial charge in [0, 0.05) is 23.7 Å². The standard InChI is InChI=1S/C31H33N3O5/c1-6-34(29(37)25(20-22-15-8-7-9-16-22)33-30(38)39-31(3,4)5)27(23-17-11-13-19-26(23)35)28(36)32-24-18-12-10-14-21(24)2/h1,7-19,25,27,35H,20H2,2-5H3,(H,32,36)(H,33,38). The van der Waals surface area contributed by atoms with Crippen LogP contribution in [0.5, 0.6) is 5.75 Å². The fourth-order valence-electron chi connectivity index (χ4n) is 3.96. The van der Waals surface area contributed by atoms with E-state index < -0.39 is 35.6 Å². The Hall–Kier alpha value is -4.77. The van der Waals surface area contributed by atoms with Crippen LogP contribution in [0.1, 0.15) is 43.5 Å². The van der Waals surface area contributed by atoms with Crippen LogP contribution >= 0.6 is 0 Å². The number of nitrogens with one attached hydrogen (secondary N) is 2. The molecule has 0 bridgehead atoms. The smallest absolute Gasteiger partial charge is 0.408 e. The number of carbonyl (C=O) groups excluding carboxylic acids is 3. The summed E-state index contributed by atoms with van der Waals surface area (Å²) in [4.78, 5) is 41.3. The number of nitrogens with zero attached hydrogens (tertiary/aromatic N) is 1. The summed E-state index contributed by atoms with van der Waals surface area (Å²) in [6, 6.07) is 22.1. The normalized spacial score (nSPS) is 12.4. The maximum Gasteiger partial charge on any atom is 0.408 e. The van der Waals surface area contributed by atoms with E-state index in [1.165, 1.54) is 12.1 Å². The van der Waals surface area contributed by atoms with Crippen LogP contribution in [0, 0.1) is 19.4 Å². The molecule has 0 saturated heterocycles. The Morgan fingerprint density at radius 3 is 2.21 bits per heavy atom. The second-order valence-electron chi connectivity index (χ2n) is 9.99. The quantitative estimate of drug-likeness (QED) is 0.284. The molecule has 39 heavy (non-hydrogen) atoms. The molecule has 3 N–H and O–H groups in total. The topological polar surface area (TPSA) is 108 Å². The molecule has 2 unspecified atom stereocenters. The summed E-state index contributed by atoms with van der Waals surface area (Å²) in [6.07, 6.45) is 5.12. The number of alkyl carbamates (subject to hydrolysis) is 1. The van der Waals surface area contributed by atoms with Crippen LogP contribution in [-0.2, 0) is 20.7 Å². The summed E-state index contributed by atoms with van der Waals surface area (Å²) in [6.45, 7) is 6.95. The number of phenolic OH excluding ortho intramolecular Hbond substituents is 1. The molecule has 0 saturated carbocycles. The fraction of sp³-hybridized carbons (Fsp3) is 0.258. The SMILES string of the molecule is C#CN(C(=O)C(Cc1ccccc1)NC(=O)OC(C)(C)C)C(C(=O)Nc1ccccc1C)c1ccccc1O. The lowest BCUT2D eigenvalue weighted by Gasteiger charge is -2.31. The number of terminal acetylenes is 1. The number of hydrogen-bond acceptors (Lipinski definition) is 5. The van der Waals surface area contributed by atoms with Gasteiger partial charge in [0.25, 0.3) is 11.8 Å². The third-order valence-corrected chi connectivity index (χ3v) is 5.79. The highest BCUT2D eigenvalue weighted by atomic mass is 16.6. The maximum absolute atomic E-state index is 14.0. The van der Waals surface area contributed by atoms with Gasteiger partial charge in [-0.15, -0.1) is 0 Å². The van der Waals surface area contributed by atoms with Gasteiger partial charge in [-0.25, -0.2) is 4.79 Å². The summed E-state index contributed by atoms with van der Waals surface area (Å²) in [5, 5.41) is 16.1. The Bertz CT molecular complexity index is 1360. The van der Waals surface area contributed by atoms with E-state index in [4.69, 9.17) is 11.2 Å². The van der Waals surface area contributed by atoms with E-state index in [2.05, 4.69) is 16.7 Å². The summed E-state index contributed by atoms with van der Waals surface area (Å²) in [5.74, 6) is -1.57. The van der Waals surface area contributed by atoms with E-state index in [0.29, 0.717) is 5.69 Å². The molecule has 3 rings (SSSR count). The molecule has 3 aromatic carbocycles. The molecule has 0 heterocycles. The van der Waals surface area contributed by atoms with Gasteiger partial charge in [0.2, 0.25) is 0 Å². The zero-order valence-corrected chi connectivity index (χ0v) is 22.5. The molecule has 2 atom stereocenters. The Morgan fingerprint density at radius 2 is 1.59 bits per heavy atom. The largest absolute Gasteiger partial charge is 0.508 e. The van der Waals surface area contributed by atoms with Gasteiger partial charge < -0.3 is 20.5 Å². The van der Waals surface area contributed by atoms with Crippen molar-refractivity contribution < 1.29 is 24.2 Å². The van der Waals surface area contributed by atoms with Gasteiger partial charge in [0.1, 0.15) is 17.4 Å². The number of aryl methyl sites for hydroxylation is 1. The Kier molecular flexibility index (Phi) is 9.34. The second-order valence-corrected chi connectivity index (χ2v) is 9.99. The Morgan fingerprint density at radius 1 is 0.974 bits per heavy atom. The van der Waals surface area contributed by atoms with Crippen LogP contribution in [0.4, 0.5) is 10.5 Å². The zero-order valence-electron chi connectivity index (χ0n) is 22.5. The number of amides is 3. The Labute approximate surface area is 229 Å². The molecule has 0 aliphatic rings. The average molecular weight is 528 g/mol. The molecule has 3 amide bonds. The van der Waals surface area contributed by atoms with E-state index in [9.17, 15) is 19.5 Å². The molecule has 0 radical (unpaired) electrons. The van der Waals surface area contributed by atoms with Crippen molar-refractivity contribution in [3.8, 4) is 18.2 Å². The van der Waals surface area contributed by atoms with Gasteiger partial charge >= 0.3 is 6.09 Å². The number of benzene rings is 3. The van der Waals surface area contributed by atoms with Gasteiger partial charge in [0.05, 0.1) is 0 Å². The number of rotatable bonds is 8. The highest BCUT2D eigenvalue weighted by Gasteiger charge is 2.37. The van der Waals surface area contributed by atoms with Crippen LogP contribution < -0.4 is 10.6 Å². The first-order valence-electron chi connectivity index (χ1n) is 12.5.